The van der Waals surface area contributed by atoms with E-state index in [9.17, 15) is 35.2 Å². The molecule has 2 aromatic rings. The Morgan fingerprint density at radius 1 is 1.09 bits per heavy atom. The van der Waals surface area contributed by atoms with Crippen LogP contribution >= 0.6 is 0 Å². The molecule has 2 fully saturated rings. The van der Waals surface area contributed by atoms with E-state index in [1.807, 2.05) is 0 Å². The van der Waals surface area contributed by atoms with Gasteiger partial charge in [-0.2, -0.15) is 18.2 Å². The van der Waals surface area contributed by atoms with E-state index in [0.29, 0.717) is 51.0 Å². The van der Waals surface area contributed by atoms with Gasteiger partial charge in [-0.05, 0) is 30.5 Å². The summed E-state index contributed by atoms with van der Waals surface area (Å²) in [5.74, 6) is -3.82. The number of aromatic nitrogens is 2. The number of rotatable bonds is 5. The molecule has 1 atom stereocenters. The molecule has 15 heteroatoms. The molecule has 1 amide bonds. The van der Waals surface area contributed by atoms with Crippen LogP contribution < -0.4 is 10.2 Å². The van der Waals surface area contributed by atoms with Crippen molar-refractivity contribution in [3.05, 3.63) is 29.6 Å². The SMILES string of the molecule is CS(=O)(=O)c1cc(F)c(NC2CCN(C3CCN(c4nc(C(F)(F)F)no4)CC3)C2=O)cc1F. The number of nitrogens with one attached hydrogen (secondary N) is 1. The number of piperidine rings is 1. The van der Waals surface area contributed by atoms with Crippen LogP contribution in [0.15, 0.2) is 21.6 Å². The Labute approximate surface area is 190 Å². The maximum atomic E-state index is 14.4. The number of sulfone groups is 1. The molecule has 2 saturated heterocycles. The third kappa shape index (κ3) is 4.79. The minimum atomic E-state index is -4.71. The fourth-order valence-electron chi connectivity index (χ4n) is 4.14. The molecule has 0 aliphatic carbocycles. The lowest BCUT2D eigenvalue weighted by atomic mass is 10.0. The lowest BCUT2D eigenvalue weighted by Gasteiger charge is -2.36. The largest absolute Gasteiger partial charge is 0.455 e. The number of alkyl halides is 3. The Morgan fingerprint density at radius 2 is 1.76 bits per heavy atom. The monoisotopic (exact) mass is 509 g/mol. The standard InChI is InChI=1S/C19H20F5N5O4S/c1-34(31,32)15-9-11(20)14(8-12(15)21)25-13-4-7-29(16(13)30)10-2-5-28(6-3-10)18-26-17(27-33-18)19(22,23)24/h8-10,13,25H,2-7H2,1H3. The molecule has 0 radical (unpaired) electrons. The fourth-order valence-corrected chi connectivity index (χ4v) is 4.87. The first-order chi connectivity index (χ1) is 15.8. The zero-order chi connectivity index (χ0) is 24.8. The van der Waals surface area contributed by atoms with Gasteiger partial charge in [0.1, 0.15) is 22.6 Å². The van der Waals surface area contributed by atoms with E-state index in [0.717, 1.165) is 6.26 Å². The zero-order valence-electron chi connectivity index (χ0n) is 17.8. The lowest BCUT2D eigenvalue weighted by Crippen LogP contribution is -2.47. The van der Waals surface area contributed by atoms with Gasteiger partial charge in [0.05, 0.1) is 5.69 Å². The Bertz CT molecular complexity index is 1190. The molecule has 0 saturated carbocycles. The van der Waals surface area contributed by atoms with E-state index in [-0.39, 0.29) is 23.7 Å². The van der Waals surface area contributed by atoms with Gasteiger partial charge in [-0.15, -0.1) is 0 Å². The smallest absolute Gasteiger partial charge is 0.371 e. The van der Waals surface area contributed by atoms with Gasteiger partial charge in [0.25, 0.3) is 5.82 Å². The number of amides is 1. The average Bonchev–Trinajstić information content (AvgIpc) is 3.38. The number of nitrogens with zero attached hydrogens (tertiary/aromatic N) is 4. The molecule has 3 heterocycles. The molecular weight excluding hydrogens is 489 g/mol. The third-order valence-corrected chi connectivity index (χ3v) is 6.95. The summed E-state index contributed by atoms with van der Waals surface area (Å²) in [6.07, 6.45) is -2.76. The molecule has 1 aromatic heterocycles. The van der Waals surface area contributed by atoms with E-state index >= 15 is 0 Å². The van der Waals surface area contributed by atoms with Crippen LogP contribution in [0.4, 0.5) is 33.7 Å². The van der Waals surface area contributed by atoms with E-state index in [1.165, 1.54) is 4.90 Å². The number of carbonyl (C=O) groups is 1. The van der Waals surface area contributed by atoms with Crippen LogP contribution in [0.1, 0.15) is 25.1 Å². The highest BCUT2D eigenvalue weighted by Gasteiger charge is 2.40. The van der Waals surface area contributed by atoms with Crippen molar-refractivity contribution in [2.75, 3.05) is 36.1 Å². The van der Waals surface area contributed by atoms with Crippen LogP contribution in [0.25, 0.3) is 0 Å². The van der Waals surface area contributed by atoms with Crippen molar-refractivity contribution in [1.82, 2.24) is 15.0 Å². The highest BCUT2D eigenvalue weighted by atomic mass is 32.2. The number of hydrogen-bond donors (Lipinski definition) is 1. The highest BCUT2D eigenvalue weighted by molar-refractivity contribution is 7.90. The van der Waals surface area contributed by atoms with E-state index in [2.05, 4.69) is 15.5 Å². The minimum Gasteiger partial charge on any atom is -0.371 e. The van der Waals surface area contributed by atoms with Crippen molar-refractivity contribution in [2.24, 2.45) is 0 Å². The number of halogens is 5. The van der Waals surface area contributed by atoms with E-state index in [4.69, 9.17) is 4.52 Å². The Morgan fingerprint density at radius 3 is 2.35 bits per heavy atom. The topological polar surface area (TPSA) is 109 Å². The van der Waals surface area contributed by atoms with Crippen LogP contribution in [0.5, 0.6) is 0 Å². The van der Waals surface area contributed by atoms with E-state index < -0.39 is 44.4 Å². The summed E-state index contributed by atoms with van der Waals surface area (Å²) in [5, 5.41) is 5.58. The van der Waals surface area contributed by atoms with Crippen LogP contribution in [-0.4, -0.2) is 67.3 Å². The van der Waals surface area contributed by atoms with Crippen molar-refractivity contribution < 1.29 is 39.7 Å². The van der Waals surface area contributed by atoms with Crippen molar-refractivity contribution in [1.29, 1.82) is 0 Å². The number of anilines is 2. The Kier molecular flexibility index (Phi) is 6.16. The number of hydrogen-bond acceptors (Lipinski definition) is 8. The molecule has 2 aliphatic heterocycles. The van der Waals surface area contributed by atoms with Gasteiger partial charge in [0, 0.05) is 38.0 Å². The highest BCUT2D eigenvalue weighted by Crippen LogP contribution is 2.31. The molecule has 0 spiro atoms. The lowest BCUT2D eigenvalue weighted by molar-refractivity contribution is -0.146. The Hall–Kier alpha value is -2.97. The molecule has 1 unspecified atom stereocenters. The maximum absolute atomic E-state index is 14.4. The van der Waals surface area contributed by atoms with Gasteiger partial charge < -0.3 is 19.6 Å². The second-order valence-corrected chi connectivity index (χ2v) is 10.2. The van der Waals surface area contributed by atoms with Gasteiger partial charge in [0.15, 0.2) is 9.84 Å². The molecule has 186 valence electrons. The first-order valence-corrected chi connectivity index (χ1v) is 12.2. The summed E-state index contributed by atoms with van der Waals surface area (Å²) in [6, 6.07) is 0.00523. The molecule has 2 aliphatic rings. The summed E-state index contributed by atoms with van der Waals surface area (Å²) < 4.78 is 94.3. The van der Waals surface area contributed by atoms with Crippen LogP contribution in [0.3, 0.4) is 0 Å². The summed E-state index contributed by atoms with van der Waals surface area (Å²) in [5.41, 5.74) is -0.322. The normalized spacial score (nSPS) is 20.3. The quantitative estimate of drug-likeness (QED) is 0.613. The second-order valence-electron chi connectivity index (χ2n) is 8.17. The average molecular weight is 509 g/mol. The summed E-state index contributed by atoms with van der Waals surface area (Å²) >= 11 is 0. The predicted octanol–water partition coefficient (Wildman–Crippen LogP) is 2.45. The molecule has 1 N–H and O–H groups in total. The van der Waals surface area contributed by atoms with Crippen LogP contribution in [-0.2, 0) is 20.8 Å². The Balaban J connectivity index is 1.37. The van der Waals surface area contributed by atoms with E-state index in [1.54, 1.807) is 4.90 Å². The molecule has 34 heavy (non-hydrogen) atoms. The van der Waals surface area contributed by atoms with Crippen molar-refractivity contribution in [2.45, 2.75) is 42.4 Å². The maximum Gasteiger partial charge on any atom is 0.455 e. The van der Waals surface area contributed by atoms with Gasteiger partial charge in [-0.3, -0.25) is 4.79 Å². The summed E-state index contributed by atoms with van der Waals surface area (Å²) in [6.45, 7) is 0.934. The second kappa shape index (κ2) is 8.67. The van der Waals surface area contributed by atoms with Crippen molar-refractivity contribution >= 4 is 27.4 Å². The van der Waals surface area contributed by atoms with Gasteiger partial charge >= 0.3 is 12.2 Å². The van der Waals surface area contributed by atoms with Gasteiger partial charge in [-0.25, -0.2) is 17.2 Å². The van der Waals surface area contributed by atoms with Gasteiger partial charge in [0.2, 0.25) is 5.91 Å². The van der Waals surface area contributed by atoms with Crippen LogP contribution in [0, 0.1) is 11.6 Å². The van der Waals surface area contributed by atoms with Crippen LogP contribution in [0.2, 0.25) is 0 Å². The molecule has 1 aromatic carbocycles. The predicted molar refractivity (Wildman–Crippen MR) is 108 cm³/mol. The molecule has 9 nitrogen and oxygen atoms in total. The number of carbonyl (C=O) groups excluding carboxylic acids is 1. The first kappa shape index (κ1) is 24.2. The molecule has 0 bridgehead atoms. The number of benzene rings is 1. The van der Waals surface area contributed by atoms with Crippen molar-refractivity contribution in [3.63, 3.8) is 0 Å². The molecule has 4 rings (SSSR count). The zero-order valence-corrected chi connectivity index (χ0v) is 18.6. The van der Waals surface area contributed by atoms with Crippen molar-refractivity contribution in [3.8, 4) is 0 Å². The fraction of sp³-hybridized carbons (Fsp3) is 0.526. The summed E-state index contributed by atoms with van der Waals surface area (Å²) in [4.78, 5) is 18.6. The third-order valence-electron chi connectivity index (χ3n) is 5.84. The summed E-state index contributed by atoms with van der Waals surface area (Å²) in [7, 11) is -3.96. The van der Waals surface area contributed by atoms with Gasteiger partial charge in [-0.1, -0.05) is 0 Å². The number of likely N-dealkylation sites (tertiary alicyclic amines) is 1. The first-order valence-electron chi connectivity index (χ1n) is 10.3. The minimum absolute atomic E-state index is 0.199. The molecular formula is C19H20F5N5O4S.